The molecule has 1 aliphatic heterocycles. The minimum absolute atomic E-state index is 0.104. The molecule has 5 nitrogen and oxygen atoms in total. The first-order valence-electron chi connectivity index (χ1n) is 9.42. The normalized spacial score (nSPS) is 18.3. The Morgan fingerprint density at radius 2 is 1.87 bits per heavy atom. The summed E-state index contributed by atoms with van der Waals surface area (Å²) in [6.07, 6.45) is 0.500. The molecule has 0 radical (unpaired) electrons. The van der Waals surface area contributed by atoms with Gasteiger partial charge in [0.05, 0.1) is 16.6 Å². The second kappa shape index (κ2) is 9.60. The Labute approximate surface area is 183 Å². The molecule has 0 bridgehead atoms. The summed E-state index contributed by atoms with van der Waals surface area (Å²) in [5, 5.41) is 11.5. The molecule has 8 heteroatoms. The fourth-order valence-corrected chi connectivity index (χ4v) is 3.91. The van der Waals surface area contributed by atoms with Gasteiger partial charge >= 0.3 is 0 Å². The van der Waals surface area contributed by atoms with Gasteiger partial charge < -0.3 is 14.7 Å². The summed E-state index contributed by atoms with van der Waals surface area (Å²) in [4.78, 5) is 27.0. The zero-order chi connectivity index (χ0) is 21.8. The van der Waals surface area contributed by atoms with E-state index in [2.05, 4.69) is 0 Å². The van der Waals surface area contributed by atoms with Crippen molar-refractivity contribution >= 4 is 40.7 Å². The third kappa shape index (κ3) is 4.51. The Balaban J connectivity index is 2.09. The van der Waals surface area contributed by atoms with Crippen LogP contribution in [-0.2, 0) is 14.3 Å². The number of hydrogen-bond acceptors (Lipinski definition) is 4. The first-order chi connectivity index (χ1) is 14.3. The van der Waals surface area contributed by atoms with E-state index in [1.54, 1.807) is 0 Å². The maximum Gasteiger partial charge on any atom is 0.295 e. The first kappa shape index (κ1) is 22.3. The van der Waals surface area contributed by atoms with Crippen molar-refractivity contribution in [2.24, 2.45) is 0 Å². The van der Waals surface area contributed by atoms with Crippen molar-refractivity contribution in [3.8, 4) is 0 Å². The second-order valence-corrected chi connectivity index (χ2v) is 7.56. The molecule has 0 spiro atoms. The first-order valence-corrected chi connectivity index (χ1v) is 10.2. The van der Waals surface area contributed by atoms with Crippen LogP contribution in [0.5, 0.6) is 0 Å². The third-order valence-corrected chi connectivity index (χ3v) is 5.35. The number of amides is 1. The molecule has 1 fully saturated rings. The zero-order valence-electron chi connectivity index (χ0n) is 16.2. The summed E-state index contributed by atoms with van der Waals surface area (Å²) in [6.45, 7) is 3.05. The predicted molar refractivity (Wildman–Crippen MR) is 113 cm³/mol. The van der Waals surface area contributed by atoms with Crippen LogP contribution in [0.4, 0.5) is 4.39 Å². The highest BCUT2D eigenvalue weighted by Gasteiger charge is 2.45. The molecule has 1 heterocycles. The fourth-order valence-electron chi connectivity index (χ4n) is 3.41. The Hall–Kier alpha value is -2.41. The Bertz CT molecular complexity index is 991. The molecular formula is C22H20Cl2FNO4. The van der Waals surface area contributed by atoms with Gasteiger partial charge in [-0.15, -0.1) is 0 Å². The van der Waals surface area contributed by atoms with E-state index < -0.39 is 29.3 Å². The highest BCUT2D eigenvalue weighted by Crippen LogP contribution is 2.40. The molecule has 1 aliphatic rings. The molecule has 1 saturated heterocycles. The van der Waals surface area contributed by atoms with Gasteiger partial charge in [-0.1, -0.05) is 35.3 Å². The van der Waals surface area contributed by atoms with Gasteiger partial charge in [0.15, 0.2) is 0 Å². The number of aliphatic hydroxyl groups is 1. The largest absolute Gasteiger partial charge is 0.507 e. The van der Waals surface area contributed by atoms with Gasteiger partial charge in [0.1, 0.15) is 11.6 Å². The fraction of sp³-hybridized carbons (Fsp3) is 0.273. The molecule has 0 aliphatic carbocycles. The van der Waals surface area contributed by atoms with Gasteiger partial charge in [-0.2, -0.15) is 0 Å². The van der Waals surface area contributed by atoms with Crippen LogP contribution in [0.1, 0.15) is 30.5 Å². The van der Waals surface area contributed by atoms with E-state index in [4.69, 9.17) is 27.9 Å². The van der Waals surface area contributed by atoms with Gasteiger partial charge in [0, 0.05) is 30.3 Å². The Morgan fingerprint density at radius 3 is 2.50 bits per heavy atom. The Morgan fingerprint density at radius 1 is 1.17 bits per heavy atom. The van der Waals surface area contributed by atoms with E-state index in [0.717, 1.165) is 0 Å². The average molecular weight is 452 g/mol. The zero-order valence-corrected chi connectivity index (χ0v) is 17.7. The molecule has 0 saturated carbocycles. The molecule has 158 valence electrons. The smallest absolute Gasteiger partial charge is 0.295 e. The van der Waals surface area contributed by atoms with Gasteiger partial charge in [-0.25, -0.2) is 4.39 Å². The predicted octanol–water partition coefficient (Wildman–Crippen LogP) is 4.98. The molecule has 1 amide bonds. The van der Waals surface area contributed by atoms with Gasteiger partial charge in [0.2, 0.25) is 0 Å². The second-order valence-electron chi connectivity index (χ2n) is 6.72. The molecular weight excluding hydrogens is 432 g/mol. The minimum atomic E-state index is -0.876. The van der Waals surface area contributed by atoms with Crippen LogP contribution in [0.3, 0.4) is 0 Å². The van der Waals surface area contributed by atoms with Crippen LogP contribution in [-0.4, -0.2) is 41.5 Å². The number of likely N-dealkylation sites (tertiary alicyclic amines) is 1. The van der Waals surface area contributed by atoms with Crippen molar-refractivity contribution in [2.75, 3.05) is 19.8 Å². The summed E-state index contributed by atoms with van der Waals surface area (Å²) in [6, 6.07) is 9.01. The molecule has 3 rings (SSSR count). The van der Waals surface area contributed by atoms with Crippen LogP contribution in [0.15, 0.2) is 48.0 Å². The summed E-state index contributed by atoms with van der Waals surface area (Å²) in [7, 11) is 0. The van der Waals surface area contributed by atoms with Crippen LogP contribution in [0, 0.1) is 5.82 Å². The van der Waals surface area contributed by atoms with Crippen molar-refractivity contribution < 1.29 is 23.8 Å². The van der Waals surface area contributed by atoms with Gasteiger partial charge in [-0.3, -0.25) is 9.59 Å². The lowest BCUT2D eigenvalue weighted by Crippen LogP contribution is -2.31. The number of carbonyl (C=O) groups is 2. The minimum Gasteiger partial charge on any atom is -0.507 e. The number of rotatable bonds is 7. The van der Waals surface area contributed by atoms with Crippen molar-refractivity contribution in [3.63, 3.8) is 0 Å². The third-order valence-electron chi connectivity index (χ3n) is 4.80. The van der Waals surface area contributed by atoms with Crippen LogP contribution in [0.2, 0.25) is 10.0 Å². The topological polar surface area (TPSA) is 66.8 Å². The number of benzene rings is 2. The van der Waals surface area contributed by atoms with Crippen LogP contribution >= 0.6 is 23.2 Å². The quantitative estimate of drug-likeness (QED) is 0.279. The Kier molecular flexibility index (Phi) is 7.13. The van der Waals surface area contributed by atoms with Crippen LogP contribution < -0.4 is 0 Å². The van der Waals surface area contributed by atoms with Crippen molar-refractivity contribution in [2.45, 2.75) is 19.4 Å². The molecule has 2 aromatic rings. The maximum absolute atomic E-state index is 13.5. The monoisotopic (exact) mass is 451 g/mol. The molecule has 2 aromatic carbocycles. The van der Waals surface area contributed by atoms with E-state index in [0.29, 0.717) is 30.2 Å². The number of carbonyl (C=O) groups excluding carboxylic acids is 2. The van der Waals surface area contributed by atoms with E-state index in [1.165, 1.54) is 47.4 Å². The summed E-state index contributed by atoms with van der Waals surface area (Å²) in [5.74, 6) is -2.43. The molecule has 30 heavy (non-hydrogen) atoms. The van der Waals surface area contributed by atoms with E-state index >= 15 is 0 Å². The van der Waals surface area contributed by atoms with Crippen molar-refractivity contribution in [1.29, 1.82) is 0 Å². The number of ketones is 1. The summed E-state index contributed by atoms with van der Waals surface area (Å²) in [5.41, 5.74) is 0.575. The number of nitrogens with zero attached hydrogens (tertiary/aromatic N) is 1. The maximum atomic E-state index is 13.5. The van der Waals surface area contributed by atoms with E-state index in [-0.39, 0.29) is 22.7 Å². The molecule has 1 atom stereocenters. The standard InChI is InChI=1S/C22H20Cl2FNO4/c1-2-30-11-3-10-26-19(13-4-7-15(25)8-5-13)18(21(28)22(26)29)20(27)16-9-6-14(23)12-17(16)24/h4-9,12,19,27H,2-3,10-11H2,1H3/t19-/m1/s1. The van der Waals surface area contributed by atoms with Gasteiger partial charge in [0.25, 0.3) is 11.7 Å². The SMILES string of the molecule is CCOCCCN1C(=O)C(=O)C(=C(O)c2ccc(Cl)cc2Cl)[C@H]1c1ccc(F)cc1. The average Bonchev–Trinajstić information content (AvgIpc) is 2.96. The highest BCUT2D eigenvalue weighted by atomic mass is 35.5. The molecule has 0 aromatic heterocycles. The lowest BCUT2D eigenvalue weighted by molar-refractivity contribution is -0.140. The number of halogens is 3. The summed E-state index contributed by atoms with van der Waals surface area (Å²) >= 11 is 12.1. The number of ether oxygens (including phenoxy) is 1. The number of aliphatic hydroxyl groups excluding tert-OH is 1. The highest BCUT2D eigenvalue weighted by molar-refractivity contribution is 6.47. The number of hydrogen-bond donors (Lipinski definition) is 1. The molecule has 0 unspecified atom stereocenters. The lowest BCUT2D eigenvalue weighted by Gasteiger charge is -2.25. The lowest BCUT2D eigenvalue weighted by atomic mass is 9.95. The van der Waals surface area contributed by atoms with Crippen molar-refractivity contribution in [3.05, 3.63) is 75.0 Å². The van der Waals surface area contributed by atoms with Crippen LogP contribution in [0.25, 0.3) is 5.76 Å². The van der Waals surface area contributed by atoms with Gasteiger partial charge in [-0.05, 0) is 49.2 Å². The molecule has 1 N–H and O–H groups in total. The van der Waals surface area contributed by atoms with E-state index in [1.807, 2.05) is 6.92 Å². The van der Waals surface area contributed by atoms with Crippen molar-refractivity contribution in [1.82, 2.24) is 4.90 Å². The number of Topliss-reactive ketones (excluding diaryl/α,β-unsaturated/α-hetero) is 1. The summed E-state index contributed by atoms with van der Waals surface area (Å²) < 4.78 is 18.8. The van der Waals surface area contributed by atoms with E-state index in [9.17, 15) is 19.1 Å².